The summed E-state index contributed by atoms with van der Waals surface area (Å²) in [5.74, 6) is 2.60. The second kappa shape index (κ2) is 11.5. The van der Waals surface area contributed by atoms with E-state index in [-0.39, 0.29) is 5.91 Å². The van der Waals surface area contributed by atoms with Crippen molar-refractivity contribution in [2.24, 2.45) is 7.05 Å². The molecule has 1 saturated heterocycles. The maximum absolute atomic E-state index is 13.7. The summed E-state index contributed by atoms with van der Waals surface area (Å²) in [6, 6.07) is 22.4. The lowest BCUT2D eigenvalue weighted by Crippen LogP contribution is -2.46. The van der Waals surface area contributed by atoms with Crippen LogP contribution < -0.4 is 24.6 Å². The van der Waals surface area contributed by atoms with Crippen LogP contribution in [-0.2, 0) is 31.4 Å². The third kappa shape index (κ3) is 5.71. The van der Waals surface area contributed by atoms with Crippen LogP contribution in [0.4, 0.5) is 22.9 Å². The molecule has 0 atom stereocenters. The van der Waals surface area contributed by atoms with Crippen molar-refractivity contribution in [2.75, 3.05) is 55.5 Å². The number of fused-ring (bicyclic) bond motifs is 2. The van der Waals surface area contributed by atoms with Crippen molar-refractivity contribution in [2.45, 2.75) is 19.5 Å². The van der Waals surface area contributed by atoms with Crippen molar-refractivity contribution >= 4 is 28.8 Å². The lowest BCUT2D eigenvalue weighted by molar-refractivity contribution is -0.118. The van der Waals surface area contributed by atoms with Gasteiger partial charge in [0.15, 0.2) is 0 Å². The van der Waals surface area contributed by atoms with Crippen LogP contribution in [0, 0.1) is 0 Å². The molecule has 0 aliphatic carbocycles. The number of hydrogen-bond acceptors (Lipinski definition) is 7. The van der Waals surface area contributed by atoms with Gasteiger partial charge in [0, 0.05) is 57.1 Å². The zero-order valence-corrected chi connectivity index (χ0v) is 23.8. The number of amides is 1. The van der Waals surface area contributed by atoms with Gasteiger partial charge in [-0.25, -0.2) is 0 Å². The monoisotopic (exact) mass is 552 g/mol. The molecular formula is C32H36N6O3. The minimum Gasteiger partial charge on any atom is -0.497 e. The molecule has 0 spiro atoms. The first-order valence-corrected chi connectivity index (χ1v) is 14.0. The number of aromatic nitrogens is 2. The predicted octanol–water partition coefficient (Wildman–Crippen LogP) is 4.59. The normalized spacial score (nSPS) is 15.0. The van der Waals surface area contributed by atoms with Gasteiger partial charge in [-0.15, -0.1) is 0 Å². The number of anilines is 4. The average molecular weight is 553 g/mol. The molecule has 3 heterocycles. The van der Waals surface area contributed by atoms with Gasteiger partial charge in [-0.3, -0.25) is 14.4 Å². The first kappa shape index (κ1) is 26.7. The third-order valence-corrected chi connectivity index (χ3v) is 7.91. The largest absolute Gasteiger partial charge is 0.497 e. The van der Waals surface area contributed by atoms with E-state index >= 15 is 0 Å². The van der Waals surface area contributed by atoms with Gasteiger partial charge in [0.2, 0.25) is 5.91 Å². The molecule has 0 unspecified atom stereocenters. The molecule has 3 aromatic carbocycles. The van der Waals surface area contributed by atoms with Crippen molar-refractivity contribution < 1.29 is 14.3 Å². The molecule has 0 bridgehead atoms. The summed E-state index contributed by atoms with van der Waals surface area (Å²) in [4.78, 5) is 20.5. The Kier molecular flexibility index (Phi) is 7.52. The summed E-state index contributed by atoms with van der Waals surface area (Å²) in [5, 5.41) is 7.86. The second-order valence-corrected chi connectivity index (χ2v) is 10.6. The maximum Gasteiger partial charge on any atom is 0.231 e. The number of para-hydroxylation sites is 2. The minimum absolute atomic E-state index is 0.0617. The van der Waals surface area contributed by atoms with Gasteiger partial charge in [-0.1, -0.05) is 24.3 Å². The van der Waals surface area contributed by atoms with Crippen LogP contribution in [0.25, 0.3) is 0 Å². The highest BCUT2D eigenvalue weighted by Crippen LogP contribution is 2.35. The fourth-order valence-electron chi connectivity index (χ4n) is 5.69. The van der Waals surface area contributed by atoms with Gasteiger partial charge in [0.1, 0.15) is 17.3 Å². The van der Waals surface area contributed by atoms with E-state index in [1.165, 1.54) is 5.56 Å². The van der Waals surface area contributed by atoms with E-state index in [0.717, 1.165) is 78.2 Å². The van der Waals surface area contributed by atoms with Gasteiger partial charge in [0.25, 0.3) is 0 Å². The molecule has 1 N–H and O–H groups in total. The van der Waals surface area contributed by atoms with E-state index in [1.54, 1.807) is 14.2 Å². The zero-order chi connectivity index (χ0) is 28.3. The number of hydrogen-bond donors (Lipinski definition) is 1. The quantitative estimate of drug-likeness (QED) is 0.359. The van der Waals surface area contributed by atoms with Crippen LogP contribution in [0.2, 0.25) is 0 Å². The molecule has 4 aromatic rings. The van der Waals surface area contributed by atoms with E-state index < -0.39 is 0 Å². The number of rotatable bonds is 7. The summed E-state index contributed by atoms with van der Waals surface area (Å²) >= 11 is 0. The van der Waals surface area contributed by atoms with Crippen molar-refractivity contribution in [3.8, 4) is 11.5 Å². The Morgan fingerprint density at radius 1 is 0.902 bits per heavy atom. The fourth-order valence-corrected chi connectivity index (χ4v) is 5.69. The predicted molar refractivity (Wildman–Crippen MR) is 161 cm³/mol. The third-order valence-electron chi connectivity index (χ3n) is 7.91. The number of benzene rings is 3. The highest BCUT2D eigenvalue weighted by Gasteiger charge is 2.26. The molecular weight excluding hydrogens is 516 g/mol. The van der Waals surface area contributed by atoms with Crippen LogP contribution in [0.15, 0.2) is 72.9 Å². The van der Waals surface area contributed by atoms with Crippen LogP contribution in [-0.4, -0.2) is 61.0 Å². The highest BCUT2D eigenvalue weighted by molar-refractivity contribution is 5.99. The Morgan fingerprint density at radius 2 is 1.66 bits per heavy atom. The Morgan fingerprint density at radius 3 is 2.41 bits per heavy atom. The van der Waals surface area contributed by atoms with Gasteiger partial charge in [0.05, 0.1) is 44.8 Å². The van der Waals surface area contributed by atoms with Crippen LogP contribution in [0.5, 0.6) is 11.5 Å². The zero-order valence-electron chi connectivity index (χ0n) is 23.8. The molecule has 1 amide bonds. The Balaban J connectivity index is 1.12. The molecule has 41 heavy (non-hydrogen) atoms. The minimum atomic E-state index is 0.0617. The molecule has 0 saturated carbocycles. The summed E-state index contributed by atoms with van der Waals surface area (Å²) in [7, 11) is 5.27. The summed E-state index contributed by atoms with van der Waals surface area (Å²) < 4.78 is 12.7. The van der Waals surface area contributed by atoms with Crippen molar-refractivity contribution in [3.63, 3.8) is 0 Å². The topological polar surface area (TPSA) is 75.1 Å². The van der Waals surface area contributed by atoms with Crippen molar-refractivity contribution in [1.29, 1.82) is 0 Å². The second-order valence-electron chi connectivity index (χ2n) is 10.6. The number of aryl methyl sites for hydroxylation is 1. The number of carbonyl (C=O) groups is 1. The molecule has 1 aromatic heterocycles. The first-order valence-electron chi connectivity index (χ1n) is 14.0. The summed E-state index contributed by atoms with van der Waals surface area (Å²) in [6.07, 6.45) is 2.16. The van der Waals surface area contributed by atoms with Gasteiger partial charge in [-0.2, -0.15) is 5.10 Å². The van der Waals surface area contributed by atoms with Gasteiger partial charge < -0.3 is 24.6 Å². The van der Waals surface area contributed by atoms with E-state index in [9.17, 15) is 4.79 Å². The first-order chi connectivity index (χ1) is 20.0. The Hall–Kier alpha value is -4.50. The summed E-state index contributed by atoms with van der Waals surface area (Å²) in [6.45, 7) is 5.08. The molecule has 6 rings (SSSR count). The van der Waals surface area contributed by atoms with Crippen LogP contribution in [0.1, 0.15) is 16.7 Å². The molecule has 0 radical (unpaired) electrons. The molecule has 1 fully saturated rings. The molecule has 2 aliphatic heterocycles. The number of methoxy groups -OCH3 is 2. The van der Waals surface area contributed by atoms with Crippen molar-refractivity contribution in [1.82, 2.24) is 14.7 Å². The highest BCUT2D eigenvalue weighted by atomic mass is 16.5. The van der Waals surface area contributed by atoms with Crippen molar-refractivity contribution in [3.05, 3.63) is 89.6 Å². The van der Waals surface area contributed by atoms with E-state index in [1.807, 2.05) is 59.2 Å². The standard InChI is InChI=1S/C32H36N6O3/c1-35-32-25(20-33-35)22-38(30-10-5-4-9-29(30)34-32)31(39)18-23-7-6-8-26(15-23)37-13-11-36(12-14-37)21-24-16-27(40-2)19-28(17-24)41-3/h4-10,15-17,19-20,34H,11-14,18,21-22H2,1-3H3. The molecule has 212 valence electrons. The van der Waals surface area contributed by atoms with Gasteiger partial charge in [-0.05, 0) is 47.5 Å². The van der Waals surface area contributed by atoms with Gasteiger partial charge >= 0.3 is 0 Å². The van der Waals surface area contributed by atoms with E-state index in [2.05, 4.69) is 50.5 Å². The molecule has 9 heteroatoms. The number of nitrogens with one attached hydrogen (secondary N) is 1. The lowest BCUT2D eigenvalue weighted by Gasteiger charge is -2.36. The van der Waals surface area contributed by atoms with E-state index in [0.29, 0.717) is 13.0 Å². The van der Waals surface area contributed by atoms with Crippen LogP contribution >= 0.6 is 0 Å². The molecule has 9 nitrogen and oxygen atoms in total. The molecule has 2 aliphatic rings. The van der Waals surface area contributed by atoms with E-state index in [4.69, 9.17) is 9.47 Å². The number of ether oxygens (including phenoxy) is 2. The maximum atomic E-state index is 13.7. The lowest BCUT2D eigenvalue weighted by atomic mass is 10.1. The smallest absolute Gasteiger partial charge is 0.231 e. The SMILES string of the molecule is COc1cc(CN2CCN(c3cccc(CC(=O)N4Cc5cnn(C)c5Nc5ccccc54)c3)CC2)cc(OC)c1. The van der Waals surface area contributed by atoms with Crippen LogP contribution in [0.3, 0.4) is 0 Å². The summed E-state index contributed by atoms with van der Waals surface area (Å²) in [5.41, 5.74) is 6.14. The Bertz CT molecular complexity index is 1520. The average Bonchev–Trinajstić information content (AvgIpc) is 3.24. The number of piperazine rings is 1. The fraction of sp³-hybridized carbons (Fsp3) is 0.312. The Labute approximate surface area is 240 Å². The number of carbonyl (C=O) groups excluding carboxylic acids is 1. The number of nitrogens with zero attached hydrogens (tertiary/aromatic N) is 5.